The van der Waals surface area contributed by atoms with Gasteiger partial charge in [-0.1, -0.05) is 23.4 Å². The van der Waals surface area contributed by atoms with Crippen LogP contribution in [0.3, 0.4) is 0 Å². The van der Waals surface area contributed by atoms with Crippen LogP contribution in [-0.2, 0) is 9.59 Å². The lowest BCUT2D eigenvalue weighted by molar-refractivity contribution is -0.121. The summed E-state index contributed by atoms with van der Waals surface area (Å²) in [5.74, 6) is -2.86. The monoisotopic (exact) mass is 412 g/mol. The summed E-state index contributed by atoms with van der Waals surface area (Å²) < 4.78 is 30.1. The molecule has 1 N–H and O–H groups in total. The van der Waals surface area contributed by atoms with Gasteiger partial charge in [-0.15, -0.1) is 0 Å². The summed E-state index contributed by atoms with van der Waals surface area (Å²) in [6.07, 6.45) is -0.0396. The van der Waals surface area contributed by atoms with Crippen molar-refractivity contribution in [3.05, 3.63) is 47.5 Å². The number of imide groups is 1. The third kappa shape index (κ3) is 4.33. The number of rotatable bonds is 6. The second-order valence-corrected chi connectivity index (χ2v) is 7.19. The van der Waals surface area contributed by atoms with Crippen LogP contribution in [0.15, 0.2) is 47.4 Å². The third-order valence-corrected chi connectivity index (χ3v) is 4.92. The van der Waals surface area contributed by atoms with Crippen molar-refractivity contribution in [1.82, 2.24) is 0 Å². The van der Waals surface area contributed by atoms with Crippen LogP contribution in [-0.4, -0.2) is 30.7 Å². The normalized spacial score (nSPS) is 16.9. The van der Waals surface area contributed by atoms with Gasteiger partial charge in [0.15, 0.2) is 0 Å². The fraction of sp³-hybridized carbons (Fsp3) is 0.222. The Labute approximate surface area is 163 Å². The second-order valence-electron chi connectivity index (χ2n) is 5.69. The fourth-order valence-electron chi connectivity index (χ4n) is 2.77. The maximum atomic E-state index is 12.7. The largest absolute Gasteiger partial charge is 0.495 e. The predicted octanol–water partition coefficient (Wildman–Crippen LogP) is 4.41. The number of benzene rings is 2. The zero-order chi connectivity index (χ0) is 19.6. The topological polar surface area (TPSA) is 58.6 Å². The molecule has 27 heavy (non-hydrogen) atoms. The molecule has 2 aromatic rings. The van der Waals surface area contributed by atoms with Crippen molar-refractivity contribution in [2.45, 2.75) is 23.1 Å². The van der Waals surface area contributed by atoms with Crippen molar-refractivity contribution in [1.29, 1.82) is 0 Å². The molecule has 0 saturated carbocycles. The quantitative estimate of drug-likeness (QED) is 0.562. The van der Waals surface area contributed by atoms with Crippen LogP contribution in [0.2, 0.25) is 5.02 Å². The average molecular weight is 413 g/mol. The molecular weight excluding hydrogens is 398 g/mol. The van der Waals surface area contributed by atoms with E-state index in [0.29, 0.717) is 38.8 Å². The third-order valence-electron chi connectivity index (χ3n) is 3.96. The molecule has 1 aliphatic heterocycles. The molecule has 0 aromatic heterocycles. The SMILES string of the molecule is COc1ccc(Cl)cc1N[C@H]1CC(=O)N(c2ccc(SC(F)F)cc2)C1=O. The molecule has 1 saturated heterocycles. The minimum atomic E-state index is -2.54. The summed E-state index contributed by atoms with van der Waals surface area (Å²) >= 11 is 6.38. The van der Waals surface area contributed by atoms with E-state index in [9.17, 15) is 18.4 Å². The Bertz CT molecular complexity index is 864. The molecule has 0 spiro atoms. The second kappa shape index (κ2) is 8.14. The molecule has 0 bridgehead atoms. The Morgan fingerprint density at radius 1 is 1.22 bits per heavy atom. The van der Waals surface area contributed by atoms with E-state index in [4.69, 9.17) is 16.3 Å². The number of thioether (sulfide) groups is 1. The number of anilines is 2. The first kappa shape index (κ1) is 19.4. The first-order valence-electron chi connectivity index (χ1n) is 7.91. The number of halogens is 3. The van der Waals surface area contributed by atoms with Crippen molar-refractivity contribution in [3.63, 3.8) is 0 Å². The summed E-state index contributed by atoms with van der Waals surface area (Å²) in [6, 6.07) is 9.99. The van der Waals surface area contributed by atoms with Gasteiger partial charge in [-0.25, -0.2) is 4.90 Å². The van der Waals surface area contributed by atoms with Gasteiger partial charge in [-0.2, -0.15) is 8.78 Å². The van der Waals surface area contributed by atoms with Crippen LogP contribution in [0, 0.1) is 0 Å². The number of carbonyl (C=O) groups excluding carboxylic acids is 2. The van der Waals surface area contributed by atoms with Gasteiger partial charge >= 0.3 is 0 Å². The molecule has 2 aromatic carbocycles. The molecule has 5 nitrogen and oxygen atoms in total. The van der Waals surface area contributed by atoms with Crippen LogP contribution in [0.25, 0.3) is 0 Å². The van der Waals surface area contributed by atoms with Crippen molar-refractivity contribution in [2.75, 3.05) is 17.3 Å². The zero-order valence-electron chi connectivity index (χ0n) is 14.1. The van der Waals surface area contributed by atoms with Gasteiger partial charge in [0.2, 0.25) is 5.91 Å². The number of carbonyl (C=O) groups is 2. The van der Waals surface area contributed by atoms with Crippen molar-refractivity contribution in [2.24, 2.45) is 0 Å². The van der Waals surface area contributed by atoms with Crippen LogP contribution >= 0.6 is 23.4 Å². The molecular formula is C18H15ClF2N2O3S. The minimum absolute atomic E-state index is 0.0396. The smallest absolute Gasteiger partial charge is 0.288 e. The Hall–Kier alpha value is -2.32. The lowest BCUT2D eigenvalue weighted by Gasteiger charge is -2.17. The van der Waals surface area contributed by atoms with E-state index >= 15 is 0 Å². The summed E-state index contributed by atoms with van der Waals surface area (Å²) in [7, 11) is 1.49. The van der Waals surface area contributed by atoms with Gasteiger partial charge in [0.25, 0.3) is 11.7 Å². The van der Waals surface area contributed by atoms with Crippen LogP contribution < -0.4 is 15.0 Å². The minimum Gasteiger partial charge on any atom is -0.495 e. The van der Waals surface area contributed by atoms with Crippen LogP contribution in [0.1, 0.15) is 6.42 Å². The summed E-state index contributed by atoms with van der Waals surface area (Å²) in [5, 5.41) is 3.45. The van der Waals surface area contributed by atoms with E-state index in [1.54, 1.807) is 18.2 Å². The van der Waals surface area contributed by atoms with Crippen molar-refractivity contribution >= 4 is 46.6 Å². The Morgan fingerprint density at radius 3 is 2.56 bits per heavy atom. The summed E-state index contributed by atoms with van der Waals surface area (Å²) in [4.78, 5) is 26.5. The Kier molecular flexibility index (Phi) is 5.86. The summed E-state index contributed by atoms with van der Waals surface area (Å²) in [5.41, 5.74) is 0.840. The lowest BCUT2D eigenvalue weighted by Crippen LogP contribution is -2.34. The highest BCUT2D eigenvalue weighted by atomic mass is 35.5. The van der Waals surface area contributed by atoms with Gasteiger partial charge in [-0.05, 0) is 42.5 Å². The highest BCUT2D eigenvalue weighted by Gasteiger charge is 2.39. The lowest BCUT2D eigenvalue weighted by atomic mass is 10.2. The standard InChI is InChI=1S/C18H15ClF2N2O3S/c1-26-15-7-2-10(19)8-13(15)22-14-9-16(24)23(17(14)25)11-3-5-12(6-4-11)27-18(20)21/h2-8,14,18,22H,9H2,1H3/t14-/m0/s1. The predicted molar refractivity (Wildman–Crippen MR) is 101 cm³/mol. The number of nitrogens with one attached hydrogen (secondary N) is 1. The van der Waals surface area contributed by atoms with E-state index in [1.807, 2.05) is 0 Å². The molecule has 142 valence electrons. The highest BCUT2D eigenvalue weighted by molar-refractivity contribution is 7.99. The fourth-order valence-corrected chi connectivity index (χ4v) is 3.44. The molecule has 1 aliphatic rings. The zero-order valence-corrected chi connectivity index (χ0v) is 15.7. The van der Waals surface area contributed by atoms with Crippen LogP contribution in [0.5, 0.6) is 5.75 Å². The van der Waals surface area contributed by atoms with Gasteiger partial charge in [0, 0.05) is 9.92 Å². The maximum Gasteiger partial charge on any atom is 0.288 e. The number of alkyl halides is 2. The Balaban J connectivity index is 1.78. The first-order valence-corrected chi connectivity index (χ1v) is 9.16. The number of hydrogen-bond acceptors (Lipinski definition) is 5. The van der Waals surface area contributed by atoms with Crippen LogP contribution in [0.4, 0.5) is 20.2 Å². The van der Waals surface area contributed by atoms with E-state index in [0.717, 1.165) is 4.90 Å². The van der Waals surface area contributed by atoms with Crippen molar-refractivity contribution < 1.29 is 23.1 Å². The van der Waals surface area contributed by atoms with Gasteiger partial charge in [-0.3, -0.25) is 9.59 Å². The van der Waals surface area contributed by atoms with Gasteiger partial charge in [0.1, 0.15) is 11.8 Å². The van der Waals surface area contributed by atoms with E-state index < -0.39 is 17.7 Å². The van der Waals surface area contributed by atoms with E-state index in [1.165, 1.54) is 31.4 Å². The van der Waals surface area contributed by atoms with Gasteiger partial charge in [0.05, 0.1) is 24.9 Å². The number of nitrogens with zero attached hydrogens (tertiary/aromatic N) is 1. The molecule has 0 aliphatic carbocycles. The average Bonchev–Trinajstić information content (AvgIpc) is 2.89. The molecule has 9 heteroatoms. The molecule has 1 fully saturated rings. The molecule has 3 rings (SSSR count). The molecule has 1 atom stereocenters. The Morgan fingerprint density at radius 2 is 1.93 bits per heavy atom. The number of hydrogen-bond donors (Lipinski definition) is 1. The number of amides is 2. The van der Waals surface area contributed by atoms with E-state index in [2.05, 4.69) is 5.32 Å². The molecule has 2 amide bonds. The highest BCUT2D eigenvalue weighted by Crippen LogP contribution is 2.32. The number of methoxy groups -OCH3 is 1. The molecule has 0 radical (unpaired) electrons. The number of ether oxygens (including phenoxy) is 1. The van der Waals surface area contributed by atoms with Crippen molar-refractivity contribution in [3.8, 4) is 5.75 Å². The van der Waals surface area contributed by atoms with E-state index in [-0.39, 0.29) is 12.3 Å². The maximum absolute atomic E-state index is 12.7. The van der Waals surface area contributed by atoms with Gasteiger partial charge < -0.3 is 10.1 Å². The molecule has 1 heterocycles. The first-order chi connectivity index (χ1) is 12.9. The summed E-state index contributed by atoms with van der Waals surface area (Å²) in [6.45, 7) is 0. The molecule has 0 unspecified atom stereocenters.